The van der Waals surface area contributed by atoms with Crippen LogP contribution in [0.4, 0.5) is 0 Å². The van der Waals surface area contributed by atoms with Crippen molar-refractivity contribution in [2.75, 3.05) is 13.1 Å². The average Bonchev–Trinajstić information content (AvgIpc) is 2.27. The predicted molar refractivity (Wildman–Crippen MR) is 71.8 cm³/mol. The van der Waals surface area contributed by atoms with Crippen LogP contribution in [-0.2, 0) is 12.8 Å². The first kappa shape index (κ1) is 13.2. The Labute approximate surface area is 100 Å². The summed E-state index contributed by atoms with van der Waals surface area (Å²) in [5, 5.41) is 3.41. The van der Waals surface area contributed by atoms with Crippen LogP contribution in [0, 0.1) is 5.92 Å². The van der Waals surface area contributed by atoms with Crippen LogP contribution in [0.1, 0.15) is 38.3 Å². The van der Waals surface area contributed by atoms with Gasteiger partial charge >= 0.3 is 0 Å². The van der Waals surface area contributed by atoms with Crippen LogP contribution in [0.15, 0.2) is 24.3 Å². The molecule has 1 N–H and O–H groups in total. The summed E-state index contributed by atoms with van der Waals surface area (Å²) >= 11 is 0. The lowest BCUT2D eigenvalue weighted by molar-refractivity contribution is 0.521. The SMILES string of the molecule is CCCc1cccc(CC(C)CNCC)c1. The Morgan fingerprint density at radius 2 is 1.94 bits per heavy atom. The van der Waals surface area contributed by atoms with E-state index in [1.54, 1.807) is 0 Å². The van der Waals surface area contributed by atoms with Gasteiger partial charge in [-0.15, -0.1) is 0 Å². The van der Waals surface area contributed by atoms with Crippen molar-refractivity contribution in [2.45, 2.75) is 40.0 Å². The number of hydrogen-bond acceptors (Lipinski definition) is 1. The fraction of sp³-hybridized carbons (Fsp3) is 0.600. The van der Waals surface area contributed by atoms with Gasteiger partial charge in [0.15, 0.2) is 0 Å². The minimum absolute atomic E-state index is 0.719. The summed E-state index contributed by atoms with van der Waals surface area (Å²) in [6, 6.07) is 9.05. The quantitative estimate of drug-likeness (QED) is 0.741. The topological polar surface area (TPSA) is 12.0 Å². The summed E-state index contributed by atoms with van der Waals surface area (Å²) < 4.78 is 0. The van der Waals surface area contributed by atoms with Crippen molar-refractivity contribution in [2.24, 2.45) is 5.92 Å². The summed E-state index contributed by atoms with van der Waals surface area (Å²) in [5.41, 5.74) is 2.96. The minimum atomic E-state index is 0.719. The largest absolute Gasteiger partial charge is 0.317 e. The zero-order chi connectivity index (χ0) is 11.8. The van der Waals surface area contributed by atoms with Gasteiger partial charge in [-0.1, -0.05) is 51.5 Å². The Balaban J connectivity index is 2.49. The molecule has 16 heavy (non-hydrogen) atoms. The third-order valence-electron chi connectivity index (χ3n) is 2.86. The molecule has 0 heterocycles. The fourth-order valence-corrected chi connectivity index (χ4v) is 2.07. The molecule has 0 aromatic heterocycles. The highest BCUT2D eigenvalue weighted by Gasteiger charge is 2.03. The van der Waals surface area contributed by atoms with Gasteiger partial charge in [-0.3, -0.25) is 0 Å². The summed E-state index contributed by atoms with van der Waals surface area (Å²) in [4.78, 5) is 0. The molecule has 1 heteroatoms. The number of hydrogen-bond donors (Lipinski definition) is 1. The highest BCUT2D eigenvalue weighted by molar-refractivity contribution is 5.23. The number of rotatable bonds is 7. The smallest absolute Gasteiger partial charge is 0.00201 e. The van der Waals surface area contributed by atoms with Gasteiger partial charge in [0.1, 0.15) is 0 Å². The molecule has 90 valence electrons. The second-order valence-electron chi connectivity index (χ2n) is 4.69. The van der Waals surface area contributed by atoms with Gasteiger partial charge in [-0.05, 0) is 43.0 Å². The Bertz CT molecular complexity index is 293. The normalized spacial score (nSPS) is 12.7. The molecule has 0 spiro atoms. The van der Waals surface area contributed by atoms with Crippen LogP contribution in [0.5, 0.6) is 0 Å². The molecule has 1 atom stereocenters. The van der Waals surface area contributed by atoms with Crippen molar-refractivity contribution < 1.29 is 0 Å². The van der Waals surface area contributed by atoms with E-state index in [0.717, 1.165) is 19.0 Å². The standard InChI is InChI=1S/C15H25N/c1-4-7-14-8-6-9-15(11-14)10-13(3)12-16-5-2/h6,8-9,11,13,16H,4-5,7,10,12H2,1-3H3. The molecule has 0 aliphatic carbocycles. The van der Waals surface area contributed by atoms with Gasteiger partial charge in [0.25, 0.3) is 0 Å². The van der Waals surface area contributed by atoms with Crippen LogP contribution >= 0.6 is 0 Å². The van der Waals surface area contributed by atoms with Crippen LogP contribution in [0.25, 0.3) is 0 Å². The van der Waals surface area contributed by atoms with E-state index in [9.17, 15) is 0 Å². The molecule has 0 fully saturated rings. The third-order valence-corrected chi connectivity index (χ3v) is 2.86. The van der Waals surface area contributed by atoms with E-state index < -0.39 is 0 Å². The minimum Gasteiger partial charge on any atom is -0.317 e. The molecule has 0 amide bonds. The average molecular weight is 219 g/mol. The molecule has 0 bridgehead atoms. The molecule has 0 radical (unpaired) electrons. The molecule has 0 aliphatic heterocycles. The van der Waals surface area contributed by atoms with Crippen molar-refractivity contribution >= 4 is 0 Å². The van der Waals surface area contributed by atoms with E-state index in [1.165, 1.54) is 30.4 Å². The Hall–Kier alpha value is -0.820. The molecule has 0 saturated heterocycles. The first-order chi connectivity index (χ1) is 7.76. The molecule has 1 aromatic rings. The van der Waals surface area contributed by atoms with Crippen molar-refractivity contribution in [3.05, 3.63) is 35.4 Å². The van der Waals surface area contributed by atoms with Crippen molar-refractivity contribution in [1.82, 2.24) is 5.32 Å². The van der Waals surface area contributed by atoms with E-state index >= 15 is 0 Å². The molecule has 1 rings (SSSR count). The number of benzene rings is 1. The second kappa shape index (κ2) is 7.45. The Morgan fingerprint density at radius 3 is 2.62 bits per heavy atom. The highest BCUT2D eigenvalue weighted by Crippen LogP contribution is 2.12. The molecular formula is C15H25N. The number of aryl methyl sites for hydroxylation is 1. The molecule has 1 nitrogen and oxygen atoms in total. The maximum Gasteiger partial charge on any atom is -0.00201 e. The zero-order valence-corrected chi connectivity index (χ0v) is 10.9. The highest BCUT2D eigenvalue weighted by atomic mass is 14.8. The van der Waals surface area contributed by atoms with E-state index in [2.05, 4.69) is 50.4 Å². The van der Waals surface area contributed by atoms with Crippen LogP contribution in [0.3, 0.4) is 0 Å². The van der Waals surface area contributed by atoms with Gasteiger partial charge in [0, 0.05) is 0 Å². The lowest BCUT2D eigenvalue weighted by atomic mass is 9.98. The molecule has 0 aliphatic rings. The summed E-state index contributed by atoms with van der Waals surface area (Å²) in [5.74, 6) is 0.719. The Morgan fingerprint density at radius 1 is 1.19 bits per heavy atom. The second-order valence-corrected chi connectivity index (χ2v) is 4.69. The van der Waals surface area contributed by atoms with E-state index in [4.69, 9.17) is 0 Å². The first-order valence-corrected chi connectivity index (χ1v) is 6.54. The summed E-state index contributed by atoms with van der Waals surface area (Å²) in [6.07, 6.45) is 3.62. The molecular weight excluding hydrogens is 194 g/mol. The van der Waals surface area contributed by atoms with Crippen molar-refractivity contribution in [3.8, 4) is 0 Å². The van der Waals surface area contributed by atoms with E-state index in [1.807, 2.05) is 0 Å². The van der Waals surface area contributed by atoms with Crippen LogP contribution in [0.2, 0.25) is 0 Å². The molecule has 1 aromatic carbocycles. The van der Waals surface area contributed by atoms with Gasteiger partial charge in [-0.2, -0.15) is 0 Å². The monoisotopic (exact) mass is 219 g/mol. The summed E-state index contributed by atoms with van der Waals surface area (Å²) in [7, 11) is 0. The van der Waals surface area contributed by atoms with Gasteiger partial charge in [-0.25, -0.2) is 0 Å². The molecule has 0 saturated carbocycles. The lowest BCUT2D eigenvalue weighted by Gasteiger charge is -2.12. The summed E-state index contributed by atoms with van der Waals surface area (Å²) in [6.45, 7) is 8.90. The third kappa shape index (κ3) is 4.80. The van der Waals surface area contributed by atoms with Crippen LogP contribution < -0.4 is 5.32 Å². The van der Waals surface area contributed by atoms with Gasteiger partial charge in [0.2, 0.25) is 0 Å². The van der Waals surface area contributed by atoms with Crippen molar-refractivity contribution in [1.29, 1.82) is 0 Å². The van der Waals surface area contributed by atoms with Gasteiger partial charge < -0.3 is 5.32 Å². The van der Waals surface area contributed by atoms with E-state index in [0.29, 0.717) is 0 Å². The zero-order valence-electron chi connectivity index (χ0n) is 10.9. The maximum absolute atomic E-state index is 3.41. The van der Waals surface area contributed by atoms with Crippen molar-refractivity contribution in [3.63, 3.8) is 0 Å². The van der Waals surface area contributed by atoms with E-state index in [-0.39, 0.29) is 0 Å². The predicted octanol–water partition coefficient (Wildman–Crippen LogP) is 3.43. The molecule has 1 unspecified atom stereocenters. The lowest BCUT2D eigenvalue weighted by Crippen LogP contribution is -2.21. The first-order valence-electron chi connectivity index (χ1n) is 6.54. The number of nitrogens with one attached hydrogen (secondary N) is 1. The van der Waals surface area contributed by atoms with Crippen LogP contribution in [-0.4, -0.2) is 13.1 Å². The maximum atomic E-state index is 3.41. The Kier molecular flexibility index (Phi) is 6.17. The van der Waals surface area contributed by atoms with Gasteiger partial charge in [0.05, 0.1) is 0 Å². The fourth-order valence-electron chi connectivity index (χ4n) is 2.07.